The van der Waals surface area contributed by atoms with Crippen molar-refractivity contribution in [1.82, 2.24) is 10.6 Å². The molecule has 0 radical (unpaired) electrons. The first-order valence-electron chi connectivity index (χ1n) is 11.1. The fourth-order valence-corrected chi connectivity index (χ4v) is 3.60. The van der Waals surface area contributed by atoms with Crippen LogP contribution in [0.15, 0.2) is 42.5 Å². The van der Waals surface area contributed by atoms with E-state index in [0.29, 0.717) is 25.0 Å². The number of carbonyl (C=O) groups excluding carboxylic acids is 2. The second-order valence-corrected chi connectivity index (χ2v) is 8.17. The maximum absolute atomic E-state index is 13.4. The summed E-state index contributed by atoms with van der Waals surface area (Å²) in [6.45, 7) is 2.48. The second kappa shape index (κ2) is 11.4. The number of hydrogen-bond donors (Lipinski definition) is 2. The van der Waals surface area contributed by atoms with Gasteiger partial charge in [-0.05, 0) is 35.9 Å². The van der Waals surface area contributed by atoms with Crippen LogP contribution in [-0.2, 0) is 27.0 Å². The van der Waals surface area contributed by atoms with Crippen molar-refractivity contribution < 1.29 is 37.0 Å². The van der Waals surface area contributed by atoms with Crippen molar-refractivity contribution in [2.75, 3.05) is 20.3 Å². The van der Waals surface area contributed by atoms with Gasteiger partial charge in [-0.25, -0.2) is 0 Å². The van der Waals surface area contributed by atoms with E-state index in [-0.39, 0.29) is 48.6 Å². The van der Waals surface area contributed by atoms with Gasteiger partial charge >= 0.3 is 6.18 Å². The van der Waals surface area contributed by atoms with Crippen LogP contribution in [0.2, 0.25) is 0 Å². The molecule has 0 aromatic heterocycles. The first-order valence-corrected chi connectivity index (χ1v) is 11.1. The summed E-state index contributed by atoms with van der Waals surface area (Å²) in [5.41, 5.74) is -1.36. The molecule has 1 fully saturated rings. The molecule has 0 spiro atoms. The quantitative estimate of drug-likeness (QED) is 0.479. The predicted octanol–water partition coefficient (Wildman–Crippen LogP) is 4.40. The molecule has 3 rings (SSSR count). The highest BCUT2D eigenvalue weighted by atomic mass is 19.4. The lowest BCUT2D eigenvalue weighted by Gasteiger charge is -2.27. The summed E-state index contributed by atoms with van der Waals surface area (Å²) in [4.78, 5) is 25.1. The molecule has 10 heteroatoms. The highest BCUT2D eigenvalue weighted by Gasteiger charge is 2.43. The molecular weight excluding hydrogens is 465 g/mol. The monoisotopic (exact) mass is 493 g/mol. The average Bonchev–Trinajstić information content (AvgIpc) is 3.31. The van der Waals surface area contributed by atoms with Gasteiger partial charge in [0.1, 0.15) is 28.4 Å². The van der Waals surface area contributed by atoms with E-state index >= 15 is 0 Å². The Morgan fingerprint density at radius 2 is 1.86 bits per heavy atom. The Hall–Kier alpha value is -3.40. The first kappa shape index (κ1) is 26.2. The zero-order valence-electron chi connectivity index (χ0n) is 19.5. The highest BCUT2D eigenvalue weighted by molar-refractivity contribution is 5.92. The molecule has 2 N–H and O–H groups in total. The zero-order valence-corrected chi connectivity index (χ0v) is 19.5. The molecule has 1 heterocycles. The lowest BCUT2D eigenvalue weighted by atomic mass is 9.96. The molecule has 1 unspecified atom stereocenters. The Kier molecular flexibility index (Phi) is 8.50. The van der Waals surface area contributed by atoms with Crippen molar-refractivity contribution in [3.63, 3.8) is 0 Å². The Bertz CT molecular complexity index is 1020. The lowest BCUT2D eigenvalue weighted by molar-refractivity contribution is -0.138. The van der Waals surface area contributed by atoms with Gasteiger partial charge in [0.2, 0.25) is 11.8 Å². The summed E-state index contributed by atoms with van der Waals surface area (Å²) in [6, 6.07) is 9.77. The van der Waals surface area contributed by atoms with Crippen molar-refractivity contribution in [1.29, 1.82) is 0 Å². The maximum Gasteiger partial charge on any atom is 0.420 e. The van der Waals surface area contributed by atoms with Gasteiger partial charge in [-0.2, -0.15) is 13.2 Å². The fourth-order valence-electron chi connectivity index (χ4n) is 3.60. The van der Waals surface area contributed by atoms with Gasteiger partial charge in [0.25, 0.3) is 0 Å². The third-order valence-electron chi connectivity index (χ3n) is 5.59. The van der Waals surface area contributed by atoms with Gasteiger partial charge in [0.15, 0.2) is 0 Å². The normalized spacial score (nSPS) is 17.5. The Morgan fingerprint density at radius 3 is 2.46 bits per heavy atom. The van der Waals surface area contributed by atoms with Crippen LogP contribution in [0.25, 0.3) is 0 Å². The number of alkyl halides is 3. The number of benzene rings is 2. The van der Waals surface area contributed by atoms with Crippen LogP contribution in [0.3, 0.4) is 0 Å². The molecule has 7 nitrogen and oxygen atoms in total. The predicted molar refractivity (Wildman–Crippen MR) is 122 cm³/mol. The van der Waals surface area contributed by atoms with Gasteiger partial charge in [-0.15, -0.1) is 0 Å². The topological polar surface area (TPSA) is 85.9 Å². The number of ether oxygens (including phenoxy) is 3. The number of unbranched alkanes of at least 4 members (excludes halogenated alkanes) is 1. The number of halogens is 3. The molecule has 0 saturated carbocycles. The van der Waals surface area contributed by atoms with Crippen molar-refractivity contribution in [2.24, 2.45) is 0 Å². The van der Waals surface area contributed by atoms with Crippen LogP contribution in [0.4, 0.5) is 13.2 Å². The molecule has 2 aromatic carbocycles. The fraction of sp³-hybridized carbons (Fsp3) is 0.400. The van der Waals surface area contributed by atoms with Crippen LogP contribution in [0.1, 0.15) is 37.3 Å². The summed E-state index contributed by atoms with van der Waals surface area (Å²) in [5.74, 6) is -0.643. The third kappa shape index (κ3) is 6.82. The van der Waals surface area contributed by atoms with Gasteiger partial charge in [-0.3, -0.25) is 9.59 Å². The molecule has 0 bridgehead atoms. The van der Waals surface area contributed by atoms with E-state index in [1.54, 1.807) is 12.1 Å². The summed E-state index contributed by atoms with van der Waals surface area (Å²) in [5, 5.41) is 5.62. The van der Waals surface area contributed by atoms with Crippen molar-refractivity contribution in [3.05, 3.63) is 60.0 Å². The van der Waals surface area contributed by atoms with E-state index in [9.17, 15) is 22.8 Å². The largest absolute Gasteiger partial charge is 0.497 e. The lowest BCUT2D eigenvalue weighted by Crippen LogP contribution is -2.59. The number of methoxy groups -OCH3 is 1. The Morgan fingerprint density at radius 1 is 1.14 bits per heavy atom. The smallest absolute Gasteiger partial charge is 0.420 e. The summed E-state index contributed by atoms with van der Waals surface area (Å²) >= 11 is 0. The number of amides is 2. The van der Waals surface area contributed by atoms with Crippen molar-refractivity contribution >= 4 is 11.8 Å². The van der Waals surface area contributed by atoms with Gasteiger partial charge < -0.3 is 24.8 Å². The molecule has 188 valence electrons. The van der Waals surface area contributed by atoms with E-state index in [2.05, 4.69) is 10.6 Å². The van der Waals surface area contributed by atoms with E-state index in [0.717, 1.165) is 6.07 Å². The van der Waals surface area contributed by atoms with Gasteiger partial charge in [0, 0.05) is 19.6 Å². The van der Waals surface area contributed by atoms with E-state index in [1.165, 1.54) is 31.4 Å². The van der Waals surface area contributed by atoms with Gasteiger partial charge in [0.05, 0.1) is 39.9 Å². The average molecular weight is 494 g/mol. The molecule has 1 atom stereocenters. The summed E-state index contributed by atoms with van der Waals surface area (Å²) in [6.07, 6.45) is -1.46. The number of rotatable bonds is 10. The molecule has 1 aliphatic heterocycles. The van der Waals surface area contributed by atoms with Crippen molar-refractivity contribution in [3.8, 4) is 17.2 Å². The SMILES string of the molecule is C[CH+]CCC(=O)NC1(C(=O)NCc2ccc(Oc3ccc(OC)cc3C(F)(F)F)cc2)CCOC1. The van der Waals surface area contributed by atoms with Crippen LogP contribution >= 0.6 is 0 Å². The van der Waals surface area contributed by atoms with Crippen LogP contribution in [0.5, 0.6) is 17.2 Å². The standard InChI is InChI=1S/C25H27F3N2O5/c1-3-4-5-22(31)30-24(12-13-34-16-24)23(32)29-15-17-6-8-18(9-7-17)35-21-11-10-19(33-2)14-20(21)25(26,27)28/h3,6-11,14H,4-5,12-13,15-16H2,1-2H3,(H-,29,30,31,32)/p+1. The Labute approximate surface area is 201 Å². The molecule has 1 saturated heterocycles. The maximum atomic E-state index is 13.4. The molecule has 2 amide bonds. The van der Waals surface area contributed by atoms with Crippen molar-refractivity contribution in [2.45, 2.75) is 44.4 Å². The van der Waals surface area contributed by atoms with Crippen LogP contribution < -0.4 is 20.1 Å². The van der Waals surface area contributed by atoms with E-state index in [1.807, 2.05) is 13.3 Å². The zero-order chi connectivity index (χ0) is 25.5. The minimum Gasteiger partial charge on any atom is -0.497 e. The minimum absolute atomic E-state index is 0.0704. The minimum atomic E-state index is -4.61. The van der Waals surface area contributed by atoms with Crippen LogP contribution in [0, 0.1) is 6.42 Å². The number of hydrogen-bond acceptors (Lipinski definition) is 5. The molecule has 1 aliphatic rings. The van der Waals surface area contributed by atoms with Crippen LogP contribution in [-0.4, -0.2) is 37.7 Å². The molecule has 2 aromatic rings. The summed E-state index contributed by atoms with van der Waals surface area (Å²) < 4.78 is 55.9. The molecular formula is C25H28F3N2O5+. The number of nitrogens with one attached hydrogen (secondary N) is 2. The molecule has 35 heavy (non-hydrogen) atoms. The van der Waals surface area contributed by atoms with Gasteiger partial charge in [-0.1, -0.05) is 12.1 Å². The first-order chi connectivity index (χ1) is 16.7. The van der Waals surface area contributed by atoms with E-state index in [4.69, 9.17) is 14.2 Å². The van der Waals surface area contributed by atoms with E-state index < -0.39 is 17.3 Å². The third-order valence-corrected chi connectivity index (χ3v) is 5.59. The summed E-state index contributed by atoms with van der Waals surface area (Å²) in [7, 11) is 1.29. The Balaban J connectivity index is 1.63. The second-order valence-electron chi connectivity index (χ2n) is 8.17. The molecule has 0 aliphatic carbocycles. The number of carbonyl (C=O) groups is 2. The highest BCUT2D eigenvalue weighted by Crippen LogP contribution is 2.40.